The monoisotopic (exact) mass is 238 g/mol. The van der Waals surface area contributed by atoms with Gasteiger partial charge in [0.2, 0.25) is 0 Å². The molecule has 0 spiro atoms. The number of benzene rings is 1. The van der Waals surface area contributed by atoms with Gasteiger partial charge in [-0.05, 0) is 18.1 Å². The largest absolute Gasteiger partial charge is 0.392 e. The number of aliphatic hydroxyl groups excluding tert-OH is 1. The van der Waals surface area contributed by atoms with Crippen LogP contribution in [0.4, 0.5) is 0 Å². The Hall–Kier alpha value is -0.800. The van der Waals surface area contributed by atoms with Crippen molar-refractivity contribution in [3.8, 4) is 0 Å². The average molecular weight is 238 g/mol. The summed E-state index contributed by atoms with van der Waals surface area (Å²) in [6.07, 6.45) is -0.566. The quantitative estimate of drug-likeness (QED) is 0.819. The summed E-state index contributed by atoms with van der Waals surface area (Å²) in [6, 6.07) is 9.52. The molecular formula is C13H18O2S. The Bertz CT molecular complexity index is 335. The minimum atomic E-state index is -0.566. The van der Waals surface area contributed by atoms with Crippen molar-refractivity contribution in [3.05, 3.63) is 30.3 Å². The summed E-state index contributed by atoms with van der Waals surface area (Å²) < 4.78 is 0. The summed E-state index contributed by atoms with van der Waals surface area (Å²) in [4.78, 5) is 12.8. The van der Waals surface area contributed by atoms with Crippen LogP contribution in [-0.2, 0) is 4.79 Å². The molecule has 0 heterocycles. The van der Waals surface area contributed by atoms with E-state index in [0.29, 0.717) is 0 Å². The van der Waals surface area contributed by atoms with E-state index >= 15 is 0 Å². The Labute approximate surface area is 101 Å². The molecule has 0 saturated carbocycles. The van der Waals surface area contributed by atoms with Crippen LogP contribution < -0.4 is 0 Å². The highest BCUT2D eigenvalue weighted by atomic mass is 32.2. The first-order chi connectivity index (χ1) is 7.52. The molecule has 0 aliphatic rings. The minimum Gasteiger partial charge on any atom is -0.392 e. The molecule has 1 aromatic rings. The Morgan fingerprint density at radius 1 is 1.19 bits per heavy atom. The van der Waals surface area contributed by atoms with Crippen LogP contribution in [0.15, 0.2) is 35.2 Å². The van der Waals surface area contributed by atoms with Gasteiger partial charge in [-0.2, -0.15) is 0 Å². The summed E-state index contributed by atoms with van der Waals surface area (Å²) in [7, 11) is 0. The van der Waals surface area contributed by atoms with Gasteiger partial charge >= 0.3 is 0 Å². The second kappa shape index (κ2) is 6.06. The molecule has 3 heteroatoms. The SMILES string of the molecule is CC(C)[C@H](O)[C@@H](C)C(=O)Sc1ccccc1. The first-order valence-corrected chi connectivity index (χ1v) is 6.29. The summed E-state index contributed by atoms with van der Waals surface area (Å²) in [5.41, 5.74) is 0. The second-order valence-electron chi connectivity index (χ2n) is 4.26. The van der Waals surface area contributed by atoms with Gasteiger partial charge in [0.05, 0.1) is 12.0 Å². The smallest absolute Gasteiger partial charge is 0.199 e. The molecule has 88 valence electrons. The predicted molar refractivity (Wildman–Crippen MR) is 67.3 cm³/mol. The molecule has 0 amide bonds. The molecule has 16 heavy (non-hydrogen) atoms. The molecule has 0 fully saturated rings. The number of rotatable bonds is 4. The van der Waals surface area contributed by atoms with E-state index in [0.717, 1.165) is 4.90 Å². The van der Waals surface area contributed by atoms with Gasteiger partial charge in [-0.15, -0.1) is 0 Å². The van der Waals surface area contributed by atoms with Gasteiger partial charge in [0, 0.05) is 4.90 Å². The third-order valence-corrected chi connectivity index (χ3v) is 3.61. The highest BCUT2D eigenvalue weighted by molar-refractivity contribution is 8.13. The van der Waals surface area contributed by atoms with Crippen LogP contribution in [0.2, 0.25) is 0 Å². The molecular weight excluding hydrogens is 220 g/mol. The normalized spacial score (nSPS) is 14.8. The number of hydrogen-bond donors (Lipinski definition) is 1. The molecule has 1 N–H and O–H groups in total. The summed E-state index contributed by atoms with van der Waals surface area (Å²) in [5.74, 6) is -0.222. The molecule has 0 aromatic heterocycles. The first kappa shape index (κ1) is 13.3. The summed E-state index contributed by atoms with van der Waals surface area (Å²) in [5, 5.41) is 9.83. The fourth-order valence-corrected chi connectivity index (χ4v) is 2.27. The molecule has 0 bridgehead atoms. The van der Waals surface area contributed by atoms with Crippen LogP contribution in [0.5, 0.6) is 0 Å². The van der Waals surface area contributed by atoms with E-state index in [1.54, 1.807) is 6.92 Å². The molecule has 0 aliphatic carbocycles. The van der Waals surface area contributed by atoms with Gasteiger partial charge < -0.3 is 5.11 Å². The zero-order chi connectivity index (χ0) is 12.1. The van der Waals surface area contributed by atoms with Gasteiger partial charge in [-0.1, -0.05) is 50.7 Å². The number of carbonyl (C=O) groups excluding carboxylic acids is 1. The van der Waals surface area contributed by atoms with Crippen LogP contribution in [0, 0.1) is 11.8 Å². The van der Waals surface area contributed by atoms with E-state index in [1.807, 2.05) is 44.2 Å². The fraction of sp³-hybridized carbons (Fsp3) is 0.462. The molecule has 0 saturated heterocycles. The van der Waals surface area contributed by atoms with Gasteiger partial charge in [0.25, 0.3) is 0 Å². The molecule has 0 unspecified atom stereocenters. The van der Waals surface area contributed by atoms with E-state index in [2.05, 4.69) is 0 Å². The number of thioether (sulfide) groups is 1. The Balaban J connectivity index is 2.59. The lowest BCUT2D eigenvalue weighted by atomic mass is 9.96. The van der Waals surface area contributed by atoms with Crippen molar-refractivity contribution in [2.75, 3.05) is 0 Å². The van der Waals surface area contributed by atoms with Crippen molar-refractivity contribution < 1.29 is 9.90 Å². The number of aliphatic hydroxyl groups is 1. The second-order valence-corrected chi connectivity index (χ2v) is 5.34. The van der Waals surface area contributed by atoms with Gasteiger partial charge in [0.15, 0.2) is 5.12 Å². The van der Waals surface area contributed by atoms with Crippen molar-refractivity contribution in [2.45, 2.75) is 31.8 Å². The molecule has 2 nitrogen and oxygen atoms in total. The van der Waals surface area contributed by atoms with Gasteiger partial charge in [0.1, 0.15) is 0 Å². The molecule has 1 aromatic carbocycles. The van der Waals surface area contributed by atoms with Crippen LogP contribution >= 0.6 is 11.8 Å². The summed E-state index contributed by atoms with van der Waals surface area (Å²) >= 11 is 1.20. The van der Waals surface area contributed by atoms with Crippen molar-refractivity contribution in [1.82, 2.24) is 0 Å². The van der Waals surface area contributed by atoms with Crippen molar-refractivity contribution >= 4 is 16.9 Å². The Morgan fingerprint density at radius 2 is 1.75 bits per heavy atom. The molecule has 0 aliphatic heterocycles. The predicted octanol–water partition coefficient (Wildman–Crippen LogP) is 2.96. The maximum atomic E-state index is 11.9. The van der Waals surface area contributed by atoms with Crippen LogP contribution in [0.1, 0.15) is 20.8 Å². The van der Waals surface area contributed by atoms with Gasteiger partial charge in [-0.25, -0.2) is 0 Å². The van der Waals surface area contributed by atoms with E-state index < -0.39 is 6.10 Å². The Kier molecular flexibility index (Phi) is 5.03. The molecule has 1 rings (SSSR count). The highest BCUT2D eigenvalue weighted by Gasteiger charge is 2.24. The zero-order valence-electron chi connectivity index (χ0n) is 9.88. The highest BCUT2D eigenvalue weighted by Crippen LogP contribution is 2.25. The zero-order valence-corrected chi connectivity index (χ0v) is 10.7. The van der Waals surface area contributed by atoms with Crippen molar-refractivity contribution in [1.29, 1.82) is 0 Å². The number of hydrogen-bond acceptors (Lipinski definition) is 3. The maximum absolute atomic E-state index is 11.9. The van der Waals surface area contributed by atoms with Crippen molar-refractivity contribution in [2.24, 2.45) is 11.8 Å². The molecule has 0 radical (unpaired) electrons. The first-order valence-electron chi connectivity index (χ1n) is 5.47. The minimum absolute atomic E-state index is 0.0207. The maximum Gasteiger partial charge on any atom is 0.199 e. The lowest BCUT2D eigenvalue weighted by Gasteiger charge is -2.20. The number of carbonyl (C=O) groups is 1. The van der Waals surface area contributed by atoms with E-state index in [4.69, 9.17) is 0 Å². The third-order valence-electron chi connectivity index (χ3n) is 2.53. The van der Waals surface area contributed by atoms with Crippen molar-refractivity contribution in [3.63, 3.8) is 0 Å². The standard InChI is InChI=1S/C13H18O2S/c1-9(2)12(14)10(3)13(15)16-11-7-5-4-6-8-11/h4-10,12,14H,1-3H3/t10-,12+/m1/s1. The lowest BCUT2D eigenvalue weighted by Crippen LogP contribution is -2.28. The van der Waals surface area contributed by atoms with E-state index in [1.165, 1.54) is 11.8 Å². The van der Waals surface area contributed by atoms with Crippen LogP contribution in [0.3, 0.4) is 0 Å². The van der Waals surface area contributed by atoms with E-state index in [-0.39, 0.29) is 17.0 Å². The average Bonchev–Trinajstić information content (AvgIpc) is 2.28. The van der Waals surface area contributed by atoms with Crippen LogP contribution in [0.25, 0.3) is 0 Å². The summed E-state index contributed by atoms with van der Waals surface area (Å²) in [6.45, 7) is 5.62. The van der Waals surface area contributed by atoms with Crippen LogP contribution in [-0.4, -0.2) is 16.3 Å². The lowest BCUT2D eigenvalue weighted by molar-refractivity contribution is -0.117. The fourth-order valence-electron chi connectivity index (χ4n) is 1.41. The third kappa shape index (κ3) is 3.65. The Morgan fingerprint density at radius 3 is 2.25 bits per heavy atom. The topological polar surface area (TPSA) is 37.3 Å². The van der Waals surface area contributed by atoms with Gasteiger partial charge in [-0.3, -0.25) is 4.79 Å². The van der Waals surface area contributed by atoms with E-state index in [9.17, 15) is 9.90 Å². The molecule has 2 atom stereocenters.